The molecule has 0 N–H and O–H groups in total. The predicted molar refractivity (Wildman–Crippen MR) is 81.4 cm³/mol. The van der Waals surface area contributed by atoms with Crippen molar-refractivity contribution >= 4 is 23.1 Å². The van der Waals surface area contributed by atoms with Crippen LogP contribution >= 0.6 is 0 Å². The van der Waals surface area contributed by atoms with Crippen LogP contribution in [0.25, 0.3) is 23.1 Å². The zero-order chi connectivity index (χ0) is 14.8. The van der Waals surface area contributed by atoms with Crippen molar-refractivity contribution in [3.05, 3.63) is 63.9 Å². The summed E-state index contributed by atoms with van der Waals surface area (Å²) in [6, 6.07) is 8.80. The molecule has 0 saturated heterocycles. The molecule has 4 heteroatoms. The third-order valence-corrected chi connectivity index (χ3v) is 3.31. The van der Waals surface area contributed by atoms with Gasteiger partial charge in [-0.2, -0.15) is 0 Å². The molecular formula is C17H14O4. The van der Waals surface area contributed by atoms with E-state index in [0.29, 0.717) is 33.8 Å². The number of methoxy groups -OCH3 is 1. The van der Waals surface area contributed by atoms with Crippen LogP contribution in [-0.2, 0) is 0 Å². The minimum atomic E-state index is -0.0435. The Labute approximate surface area is 121 Å². The van der Waals surface area contributed by atoms with Gasteiger partial charge in [0.1, 0.15) is 22.9 Å². The third kappa shape index (κ3) is 2.48. The fourth-order valence-electron chi connectivity index (χ4n) is 2.11. The van der Waals surface area contributed by atoms with Gasteiger partial charge in [0.15, 0.2) is 5.43 Å². The van der Waals surface area contributed by atoms with Crippen LogP contribution in [0.4, 0.5) is 0 Å². The lowest BCUT2D eigenvalue weighted by Crippen LogP contribution is -2.07. The van der Waals surface area contributed by atoms with E-state index in [4.69, 9.17) is 13.6 Å². The molecule has 4 nitrogen and oxygen atoms in total. The van der Waals surface area contributed by atoms with Crippen molar-refractivity contribution in [3.8, 4) is 5.75 Å². The van der Waals surface area contributed by atoms with Crippen LogP contribution in [0, 0.1) is 6.92 Å². The molecule has 3 rings (SSSR count). The van der Waals surface area contributed by atoms with Crippen molar-refractivity contribution in [3.63, 3.8) is 0 Å². The number of ether oxygens (including phenoxy) is 1. The molecule has 1 aromatic carbocycles. The first-order valence-corrected chi connectivity index (χ1v) is 6.52. The Balaban J connectivity index is 2.14. The van der Waals surface area contributed by atoms with Gasteiger partial charge < -0.3 is 13.6 Å². The molecule has 0 atom stereocenters. The van der Waals surface area contributed by atoms with E-state index in [1.165, 1.54) is 0 Å². The van der Waals surface area contributed by atoms with E-state index >= 15 is 0 Å². The molecule has 0 spiro atoms. The van der Waals surface area contributed by atoms with Crippen molar-refractivity contribution in [2.75, 3.05) is 7.11 Å². The molecule has 106 valence electrons. The zero-order valence-corrected chi connectivity index (χ0v) is 11.8. The van der Waals surface area contributed by atoms with Gasteiger partial charge in [0, 0.05) is 11.6 Å². The Bertz CT molecular complexity index is 854. The molecule has 0 aliphatic heterocycles. The number of rotatable bonds is 3. The molecule has 0 aliphatic rings. The van der Waals surface area contributed by atoms with E-state index < -0.39 is 0 Å². The highest BCUT2D eigenvalue weighted by atomic mass is 16.5. The Morgan fingerprint density at radius 1 is 1.19 bits per heavy atom. The number of fused-ring (bicyclic) bond motifs is 1. The SMILES string of the molecule is COc1ccc2c(=O)c(C)c(C=Cc3ccco3)oc2c1. The maximum absolute atomic E-state index is 12.4. The molecule has 3 aromatic rings. The first-order chi connectivity index (χ1) is 10.2. The fraction of sp³-hybridized carbons (Fsp3) is 0.118. The van der Waals surface area contributed by atoms with Gasteiger partial charge >= 0.3 is 0 Å². The van der Waals surface area contributed by atoms with Gasteiger partial charge in [-0.1, -0.05) is 0 Å². The topological polar surface area (TPSA) is 52.6 Å². The molecule has 2 heterocycles. The average Bonchev–Trinajstić information content (AvgIpc) is 3.02. The second-order valence-corrected chi connectivity index (χ2v) is 4.63. The van der Waals surface area contributed by atoms with Crippen LogP contribution in [0.2, 0.25) is 0 Å². The quantitative estimate of drug-likeness (QED) is 0.731. The van der Waals surface area contributed by atoms with Crippen molar-refractivity contribution in [1.82, 2.24) is 0 Å². The van der Waals surface area contributed by atoms with Gasteiger partial charge in [0.2, 0.25) is 0 Å². The summed E-state index contributed by atoms with van der Waals surface area (Å²) in [5, 5.41) is 0.545. The minimum absolute atomic E-state index is 0.0435. The second kappa shape index (κ2) is 5.32. The van der Waals surface area contributed by atoms with E-state index in [0.717, 1.165) is 0 Å². The summed E-state index contributed by atoms with van der Waals surface area (Å²) in [5.74, 6) is 1.86. The molecule has 2 aromatic heterocycles. The molecule has 21 heavy (non-hydrogen) atoms. The number of hydrogen-bond donors (Lipinski definition) is 0. The molecule has 0 saturated carbocycles. The standard InChI is InChI=1S/C17H14O4/c1-11-15(8-6-12-4-3-9-20-12)21-16-10-13(19-2)5-7-14(16)17(11)18/h3-10H,1-2H3. The second-order valence-electron chi connectivity index (χ2n) is 4.63. The smallest absolute Gasteiger partial charge is 0.196 e. The Hall–Kier alpha value is -2.75. The van der Waals surface area contributed by atoms with Crippen LogP contribution in [0.1, 0.15) is 17.1 Å². The highest BCUT2D eigenvalue weighted by molar-refractivity contribution is 5.80. The van der Waals surface area contributed by atoms with Crippen molar-refractivity contribution in [2.24, 2.45) is 0 Å². The summed E-state index contributed by atoms with van der Waals surface area (Å²) in [7, 11) is 1.57. The summed E-state index contributed by atoms with van der Waals surface area (Å²) in [6.45, 7) is 1.75. The lowest BCUT2D eigenvalue weighted by atomic mass is 10.1. The van der Waals surface area contributed by atoms with Gasteiger partial charge in [0.25, 0.3) is 0 Å². The predicted octanol–water partition coefficient (Wildman–Crippen LogP) is 3.87. The lowest BCUT2D eigenvalue weighted by Gasteiger charge is -2.05. The Morgan fingerprint density at radius 2 is 2.05 bits per heavy atom. The Kier molecular flexibility index (Phi) is 3.36. The highest BCUT2D eigenvalue weighted by Crippen LogP contribution is 2.22. The number of hydrogen-bond acceptors (Lipinski definition) is 4. The number of furan rings is 1. The summed E-state index contributed by atoms with van der Waals surface area (Å²) in [4.78, 5) is 12.4. The molecule has 0 fully saturated rings. The highest BCUT2D eigenvalue weighted by Gasteiger charge is 2.09. The van der Waals surface area contributed by atoms with Crippen LogP contribution in [0.3, 0.4) is 0 Å². The monoisotopic (exact) mass is 282 g/mol. The third-order valence-electron chi connectivity index (χ3n) is 3.31. The molecule has 0 unspecified atom stereocenters. The average molecular weight is 282 g/mol. The summed E-state index contributed by atoms with van der Waals surface area (Å²) in [6.07, 6.45) is 5.08. The first-order valence-electron chi connectivity index (χ1n) is 6.52. The van der Waals surface area contributed by atoms with Crippen LogP contribution in [0.5, 0.6) is 5.75 Å². The molecular weight excluding hydrogens is 268 g/mol. The van der Waals surface area contributed by atoms with Gasteiger partial charge in [-0.25, -0.2) is 0 Å². The first kappa shape index (κ1) is 13.2. The normalized spacial score (nSPS) is 11.3. The fourth-order valence-corrected chi connectivity index (χ4v) is 2.11. The van der Waals surface area contributed by atoms with E-state index in [9.17, 15) is 4.79 Å². The molecule has 0 aliphatic carbocycles. The molecule has 0 bridgehead atoms. The van der Waals surface area contributed by atoms with Gasteiger partial charge in [-0.05, 0) is 43.3 Å². The summed E-state index contributed by atoms with van der Waals surface area (Å²) >= 11 is 0. The van der Waals surface area contributed by atoms with E-state index in [-0.39, 0.29) is 5.43 Å². The largest absolute Gasteiger partial charge is 0.497 e. The van der Waals surface area contributed by atoms with Crippen LogP contribution in [0.15, 0.2) is 50.2 Å². The summed E-state index contributed by atoms with van der Waals surface area (Å²) in [5.41, 5.74) is 1.03. The minimum Gasteiger partial charge on any atom is -0.497 e. The Morgan fingerprint density at radius 3 is 2.76 bits per heavy atom. The van der Waals surface area contributed by atoms with E-state index in [2.05, 4.69) is 0 Å². The molecule has 0 radical (unpaired) electrons. The summed E-state index contributed by atoms with van der Waals surface area (Å²) < 4.78 is 16.2. The number of benzene rings is 1. The van der Waals surface area contributed by atoms with E-state index in [1.54, 1.807) is 56.7 Å². The van der Waals surface area contributed by atoms with Gasteiger partial charge in [-0.3, -0.25) is 4.79 Å². The lowest BCUT2D eigenvalue weighted by molar-refractivity contribution is 0.414. The maximum atomic E-state index is 12.4. The van der Waals surface area contributed by atoms with Gasteiger partial charge in [0.05, 0.1) is 18.8 Å². The van der Waals surface area contributed by atoms with Crippen LogP contribution < -0.4 is 10.2 Å². The van der Waals surface area contributed by atoms with Crippen LogP contribution in [-0.4, -0.2) is 7.11 Å². The zero-order valence-electron chi connectivity index (χ0n) is 11.8. The van der Waals surface area contributed by atoms with Crippen molar-refractivity contribution in [1.29, 1.82) is 0 Å². The van der Waals surface area contributed by atoms with Crippen molar-refractivity contribution < 1.29 is 13.6 Å². The van der Waals surface area contributed by atoms with Gasteiger partial charge in [-0.15, -0.1) is 0 Å². The van der Waals surface area contributed by atoms with Crippen molar-refractivity contribution in [2.45, 2.75) is 6.92 Å². The molecule has 0 amide bonds. The maximum Gasteiger partial charge on any atom is 0.196 e. The van der Waals surface area contributed by atoms with E-state index in [1.807, 2.05) is 6.07 Å².